The van der Waals surface area contributed by atoms with Crippen molar-refractivity contribution in [2.75, 3.05) is 6.54 Å². The number of hydrogen-bond acceptors (Lipinski definition) is 6. The van der Waals surface area contributed by atoms with E-state index in [-0.39, 0.29) is 19.1 Å². The van der Waals surface area contributed by atoms with Crippen molar-refractivity contribution in [3.05, 3.63) is 81.8 Å². The summed E-state index contributed by atoms with van der Waals surface area (Å²) >= 11 is 1.64. The van der Waals surface area contributed by atoms with Crippen molar-refractivity contribution in [2.24, 2.45) is 0 Å². The lowest BCUT2D eigenvalue weighted by Crippen LogP contribution is -2.30. The molecule has 1 amide bonds. The first-order valence-corrected chi connectivity index (χ1v) is 10.3. The van der Waals surface area contributed by atoms with Crippen molar-refractivity contribution in [1.29, 1.82) is 0 Å². The zero-order chi connectivity index (χ0) is 20.9. The van der Waals surface area contributed by atoms with Crippen molar-refractivity contribution >= 4 is 34.2 Å². The molecule has 1 N–H and O–H groups in total. The largest absolute Gasteiger partial charge is 0.460 e. The van der Waals surface area contributed by atoms with Crippen LogP contribution < -0.4 is 5.32 Å². The highest BCUT2D eigenvalue weighted by atomic mass is 32.1. The summed E-state index contributed by atoms with van der Waals surface area (Å²) in [7, 11) is 0. The first-order chi connectivity index (χ1) is 14.6. The lowest BCUT2D eigenvalue weighted by molar-refractivity contribution is -0.143. The van der Waals surface area contributed by atoms with Crippen LogP contribution in [0.5, 0.6) is 0 Å². The van der Waals surface area contributed by atoms with Crippen molar-refractivity contribution in [3.63, 3.8) is 0 Å². The molecule has 0 spiro atoms. The normalized spacial score (nSPS) is 10.8. The van der Waals surface area contributed by atoms with Gasteiger partial charge < -0.3 is 10.1 Å². The van der Waals surface area contributed by atoms with Crippen LogP contribution in [0.2, 0.25) is 0 Å². The number of amides is 1. The number of aromatic nitrogens is 3. The maximum atomic E-state index is 12.7. The minimum atomic E-state index is -0.498. The zero-order valence-corrected chi connectivity index (χ0v) is 17.2. The number of carbonyl (C=O) groups excluding carboxylic acids is 2. The van der Waals surface area contributed by atoms with Crippen LogP contribution in [0.25, 0.3) is 11.0 Å². The SMILES string of the molecule is Cc1cc(C(=O)NCC(=O)OCc2ccccc2)c2cnn(Cc3cccs3)c2n1. The lowest BCUT2D eigenvalue weighted by Gasteiger charge is -2.08. The van der Waals surface area contributed by atoms with Gasteiger partial charge in [0.15, 0.2) is 5.65 Å². The van der Waals surface area contributed by atoms with Gasteiger partial charge in [-0.15, -0.1) is 11.3 Å². The highest BCUT2D eigenvalue weighted by Crippen LogP contribution is 2.20. The van der Waals surface area contributed by atoms with E-state index in [1.165, 1.54) is 0 Å². The molecule has 0 atom stereocenters. The molecule has 0 aliphatic rings. The fraction of sp³-hybridized carbons (Fsp3) is 0.182. The highest BCUT2D eigenvalue weighted by molar-refractivity contribution is 7.09. The second-order valence-electron chi connectivity index (χ2n) is 6.76. The molecule has 8 heteroatoms. The van der Waals surface area contributed by atoms with Gasteiger partial charge in [0.25, 0.3) is 5.91 Å². The number of carbonyl (C=O) groups is 2. The molecule has 0 aliphatic heterocycles. The summed E-state index contributed by atoms with van der Waals surface area (Å²) in [6.07, 6.45) is 1.64. The molecular weight excluding hydrogens is 400 g/mol. The Hall–Kier alpha value is -3.52. The number of aryl methyl sites for hydroxylation is 1. The summed E-state index contributed by atoms with van der Waals surface area (Å²) in [5.41, 5.74) is 2.67. The molecule has 0 unspecified atom stereocenters. The number of esters is 1. The van der Waals surface area contributed by atoms with Crippen LogP contribution in [0, 0.1) is 6.92 Å². The van der Waals surface area contributed by atoms with Gasteiger partial charge >= 0.3 is 5.97 Å². The molecule has 0 saturated carbocycles. The van der Waals surface area contributed by atoms with E-state index in [9.17, 15) is 9.59 Å². The summed E-state index contributed by atoms with van der Waals surface area (Å²) in [6, 6.07) is 15.1. The maximum absolute atomic E-state index is 12.7. The van der Waals surface area contributed by atoms with E-state index >= 15 is 0 Å². The number of pyridine rings is 1. The van der Waals surface area contributed by atoms with E-state index in [2.05, 4.69) is 15.4 Å². The predicted octanol–water partition coefficient (Wildman–Crippen LogP) is 3.32. The Morgan fingerprint density at radius 3 is 2.77 bits per heavy atom. The molecule has 3 heterocycles. The lowest BCUT2D eigenvalue weighted by atomic mass is 10.1. The van der Waals surface area contributed by atoms with E-state index in [0.717, 1.165) is 10.4 Å². The Balaban J connectivity index is 1.43. The standard InChI is InChI=1S/C22H20N4O3S/c1-15-10-18(19-11-24-26(21(19)25-15)13-17-8-5-9-30-17)22(28)23-12-20(27)29-14-16-6-3-2-4-7-16/h2-11H,12-14H2,1H3,(H,23,28). The molecule has 0 bridgehead atoms. The quantitative estimate of drug-likeness (QED) is 0.464. The molecule has 4 aromatic rings. The van der Waals surface area contributed by atoms with Gasteiger partial charge in [-0.2, -0.15) is 5.10 Å². The third-order valence-electron chi connectivity index (χ3n) is 4.50. The first kappa shape index (κ1) is 19.8. The number of thiophene rings is 1. The van der Waals surface area contributed by atoms with Gasteiger partial charge in [-0.05, 0) is 30.0 Å². The summed E-state index contributed by atoms with van der Waals surface area (Å²) in [5.74, 6) is -0.861. The molecule has 7 nitrogen and oxygen atoms in total. The molecule has 1 aromatic carbocycles. The van der Waals surface area contributed by atoms with E-state index in [4.69, 9.17) is 4.74 Å². The topological polar surface area (TPSA) is 86.1 Å². The molecule has 0 saturated heterocycles. The third-order valence-corrected chi connectivity index (χ3v) is 5.36. The van der Waals surface area contributed by atoms with Crippen LogP contribution in [-0.4, -0.2) is 33.2 Å². The number of ether oxygens (including phenoxy) is 1. The number of benzene rings is 1. The average Bonchev–Trinajstić information content (AvgIpc) is 3.41. The Morgan fingerprint density at radius 1 is 1.17 bits per heavy atom. The van der Waals surface area contributed by atoms with Crippen LogP contribution in [0.3, 0.4) is 0 Å². The second-order valence-corrected chi connectivity index (χ2v) is 7.79. The average molecular weight is 420 g/mol. The minimum absolute atomic E-state index is 0.170. The molecule has 0 fully saturated rings. The van der Waals surface area contributed by atoms with Gasteiger partial charge in [0, 0.05) is 10.6 Å². The summed E-state index contributed by atoms with van der Waals surface area (Å²) in [6.45, 7) is 2.37. The molecule has 0 radical (unpaired) electrons. The van der Waals surface area contributed by atoms with Crippen LogP contribution in [-0.2, 0) is 22.7 Å². The summed E-state index contributed by atoms with van der Waals surface area (Å²) < 4.78 is 6.98. The van der Waals surface area contributed by atoms with Crippen LogP contribution >= 0.6 is 11.3 Å². The van der Waals surface area contributed by atoms with Crippen molar-refractivity contribution in [2.45, 2.75) is 20.1 Å². The Morgan fingerprint density at radius 2 is 2.00 bits per heavy atom. The van der Waals surface area contributed by atoms with Gasteiger partial charge in [-0.25, -0.2) is 9.67 Å². The third kappa shape index (κ3) is 4.55. The summed E-state index contributed by atoms with van der Waals surface area (Å²) in [4.78, 5) is 30.4. The van der Waals surface area contributed by atoms with E-state index < -0.39 is 5.97 Å². The van der Waals surface area contributed by atoms with Crippen molar-refractivity contribution in [1.82, 2.24) is 20.1 Å². The predicted molar refractivity (Wildman–Crippen MR) is 114 cm³/mol. The summed E-state index contributed by atoms with van der Waals surface area (Å²) in [5, 5.41) is 9.69. The smallest absolute Gasteiger partial charge is 0.325 e. The van der Waals surface area contributed by atoms with Gasteiger partial charge in [-0.3, -0.25) is 9.59 Å². The number of rotatable bonds is 7. The fourth-order valence-corrected chi connectivity index (χ4v) is 3.75. The molecular formula is C22H20N4O3S. The molecule has 3 aromatic heterocycles. The fourth-order valence-electron chi connectivity index (χ4n) is 3.06. The molecule has 152 valence electrons. The maximum Gasteiger partial charge on any atom is 0.325 e. The second kappa shape index (κ2) is 8.87. The van der Waals surface area contributed by atoms with Gasteiger partial charge in [0.1, 0.15) is 13.2 Å². The van der Waals surface area contributed by atoms with Crippen LogP contribution in [0.15, 0.2) is 60.1 Å². The highest BCUT2D eigenvalue weighted by Gasteiger charge is 2.17. The molecule has 4 rings (SSSR count). The van der Waals surface area contributed by atoms with Gasteiger partial charge in [-0.1, -0.05) is 36.4 Å². The minimum Gasteiger partial charge on any atom is -0.460 e. The molecule has 30 heavy (non-hydrogen) atoms. The van der Waals surface area contributed by atoms with Gasteiger partial charge in [0.05, 0.1) is 23.7 Å². The zero-order valence-electron chi connectivity index (χ0n) is 16.4. The van der Waals surface area contributed by atoms with Crippen molar-refractivity contribution in [3.8, 4) is 0 Å². The van der Waals surface area contributed by atoms with Gasteiger partial charge in [0.2, 0.25) is 0 Å². The van der Waals surface area contributed by atoms with Crippen LogP contribution in [0.4, 0.5) is 0 Å². The Labute approximate surface area is 177 Å². The molecule has 0 aliphatic carbocycles. The van der Waals surface area contributed by atoms with E-state index in [0.29, 0.717) is 28.8 Å². The number of fused-ring (bicyclic) bond motifs is 1. The first-order valence-electron chi connectivity index (χ1n) is 9.43. The monoisotopic (exact) mass is 420 g/mol. The Kier molecular flexibility index (Phi) is 5.85. The van der Waals surface area contributed by atoms with Crippen molar-refractivity contribution < 1.29 is 14.3 Å². The number of nitrogens with one attached hydrogen (secondary N) is 1. The number of hydrogen-bond donors (Lipinski definition) is 1. The Bertz CT molecular complexity index is 1170. The van der Waals surface area contributed by atoms with Crippen LogP contribution in [0.1, 0.15) is 26.5 Å². The van der Waals surface area contributed by atoms with E-state index in [1.54, 1.807) is 28.3 Å². The van der Waals surface area contributed by atoms with E-state index in [1.807, 2.05) is 54.8 Å². The number of nitrogens with zero attached hydrogens (tertiary/aromatic N) is 3.